The Morgan fingerprint density at radius 3 is 2.70 bits per heavy atom. The standard InChI is InChI=1S/C15H12N4O4/c1-10-4-5-18-13(6-10)16-11(7-15(18)21)8-17-9-12(19(22)23)2-3-14(17)20/h2-7,9H,8H2,1H3. The Bertz CT molecular complexity index is 1040. The van der Waals surface area contributed by atoms with Crippen molar-refractivity contribution in [2.45, 2.75) is 13.5 Å². The molecular weight excluding hydrogens is 300 g/mol. The number of fused-ring (bicyclic) bond motifs is 1. The Balaban J connectivity index is 2.08. The van der Waals surface area contributed by atoms with Crippen LogP contribution >= 0.6 is 0 Å². The molecule has 116 valence electrons. The fraction of sp³-hybridized carbons (Fsp3) is 0.133. The molecule has 0 unspecified atom stereocenters. The molecular formula is C15H12N4O4. The summed E-state index contributed by atoms with van der Waals surface area (Å²) in [5.74, 6) is 0. The first kappa shape index (κ1) is 14.6. The molecule has 0 aliphatic carbocycles. The van der Waals surface area contributed by atoms with Crippen molar-refractivity contribution in [3.63, 3.8) is 0 Å². The van der Waals surface area contributed by atoms with Crippen LogP contribution in [0.25, 0.3) is 5.65 Å². The summed E-state index contributed by atoms with van der Waals surface area (Å²) < 4.78 is 2.55. The molecule has 3 aromatic rings. The van der Waals surface area contributed by atoms with Crippen LogP contribution in [0.2, 0.25) is 0 Å². The second-order valence-electron chi connectivity index (χ2n) is 5.13. The monoisotopic (exact) mass is 312 g/mol. The summed E-state index contributed by atoms with van der Waals surface area (Å²) in [5.41, 5.74) is 0.902. The van der Waals surface area contributed by atoms with Crippen molar-refractivity contribution in [1.82, 2.24) is 14.0 Å². The van der Waals surface area contributed by atoms with Crippen molar-refractivity contribution in [2.75, 3.05) is 0 Å². The van der Waals surface area contributed by atoms with Gasteiger partial charge in [0.15, 0.2) is 0 Å². The summed E-state index contributed by atoms with van der Waals surface area (Å²) in [4.78, 5) is 38.5. The molecule has 8 heteroatoms. The van der Waals surface area contributed by atoms with Gasteiger partial charge in [-0.1, -0.05) is 0 Å². The number of nitro groups is 1. The van der Waals surface area contributed by atoms with Gasteiger partial charge < -0.3 is 4.57 Å². The largest absolute Gasteiger partial charge is 0.303 e. The lowest BCUT2D eigenvalue weighted by atomic mass is 10.3. The van der Waals surface area contributed by atoms with Crippen LogP contribution in [-0.4, -0.2) is 18.9 Å². The van der Waals surface area contributed by atoms with Crippen molar-refractivity contribution >= 4 is 11.3 Å². The molecule has 0 aliphatic rings. The number of nitrogens with zero attached hydrogens (tertiary/aromatic N) is 4. The van der Waals surface area contributed by atoms with Crippen molar-refractivity contribution in [2.24, 2.45) is 0 Å². The van der Waals surface area contributed by atoms with E-state index in [4.69, 9.17) is 0 Å². The summed E-state index contributed by atoms with van der Waals surface area (Å²) in [7, 11) is 0. The van der Waals surface area contributed by atoms with Crippen LogP contribution in [0.15, 0.2) is 52.3 Å². The van der Waals surface area contributed by atoms with Gasteiger partial charge in [-0.15, -0.1) is 0 Å². The number of hydrogen-bond acceptors (Lipinski definition) is 5. The lowest BCUT2D eigenvalue weighted by molar-refractivity contribution is -0.385. The molecule has 0 bridgehead atoms. The molecule has 3 rings (SSSR count). The molecule has 3 aromatic heterocycles. The smallest absolute Gasteiger partial charge is 0.285 e. The minimum atomic E-state index is -0.581. The van der Waals surface area contributed by atoms with Crippen LogP contribution in [0.5, 0.6) is 0 Å². The van der Waals surface area contributed by atoms with Crippen LogP contribution in [0.4, 0.5) is 5.69 Å². The minimum absolute atomic E-state index is 0.0137. The van der Waals surface area contributed by atoms with Crippen LogP contribution in [0.1, 0.15) is 11.3 Å². The van der Waals surface area contributed by atoms with Gasteiger partial charge in [-0.3, -0.25) is 24.1 Å². The first-order valence-corrected chi connectivity index (χ1v) is 6.78. The van der Waals surface area contributed by atoms with Gasteiger partial charge in [0.05, 0.1) is 23.4 Å². The summed E-state index contributed by atoms with van der Waals surface area (Å²) in [6.07, 6.45) is 2.77. The second kappa shape index (κ2) is 5.48. The number of pyridine rings is 2. The number of aryl methyl sites for hydroxylation is 1. The molecule has 8 nitrogen and oxygen atoms in total. The molecule has 0 aromatic carbocycles. The highest BCUT2D eigenvalue weighted by Crippen LogP contribution is 2.08. The maximum Gasteiger partial charge on any atom is 0.285 e. The quantitative estimate of drug-likeness (QED) is 0.533. The molecule has 0 N–H and O–H groups in total. The summed E-state index contributed by atoms with van der Waals surface area (Å²) in [6.45, 7) is 1.87. The molecule has 0 amide bonds. The Kier molecular flexibility index (Phi) is 3.49. The Hall–Kier alpha value is -3.29. The fourth-order valence-corrected chi connectivity index (χ4v) is 2.26. The average Bonchev–Trinajstić information content (AvgIpc) is 2.48. The van der Waals surface area contributed by atoms with Crippen LogP contribution in [0, 0.1) is 17.0 Å². The number of hydrogen-bond donors (Lipinski definition) is 0. The number of rotatable bonds is 3. The van der Waals surface area contributed by atoms with E-state index in [1.165, 1.54) is 10.5 Å². The van der Waals surface area contributed by atoms with E-state index < -0.39 is 10.5 Å². The lowest BCUT2D eigenvalue weighted by Crippen LogP contribution is -2.22. The average molecular weight is 312 g/mol. The zero-order valence-corrected chi connectivity index (χ0v) is 12.2. The van der Waals surface area contributed by atoms with Gasteiger partial charge in [0.1, 0.15) is 5.65 Å². The molecule has 0 saturated carbocycles. The molecule has 3 heterocycles. The van der Waals surface area contributed by atoms with E-state index in [0.29, 0.717) is 11.3 Å². The van der Waals surface area contributed by atoms with Gasteiger partial charge in [-0.05, 0) is 24.6 Å². The maximum atomic E-state index is 12.1. The SMILES string of the molecule is Cc1ccn2c(=O)cc(Cn3cc([N+](=O)[O-])ccc3=O)nc2c1. The Morgan fingerprint density at radius 1 is 1.17 bits per heavy atom. The van der Waals surface area contributed by atoms with Gasteiger partial charge in [-0.2, -0.15) is 0 Å². The van der Waals surface area contributed by atoms with Crippen molar-refractivity contribution in [3.05, 3.63) is 84.8 Å². The lowest BCUT2D eigenvalue weighted by Gasteiger charge is -2.07. The van der Waals surface area contributed by atoms with Crippen molar-refractivity contribution in [3.8, 4) is 0 Å². The predicted octanol–water partition coefficient (Wildman–Crippen LogP) is 1.12. The minimum Gasteiger partial charge on any atom is -0.303 e. The van der Waals surface area contributed by atoms with E-state index in [0.717, 1.165) is 28.5 Å². The third-order valence-corrected chi connectivity index (χ3v) is 3.39. The molecule has 0 atom stereocenters. The fourth-order valence-electron chi connectivity index (χ4n) is 2.26. The maximum absolute atomic E-state index is 12.1. The summed E-state index contributed by atoms with van der Waals surface area (Å²) in [5, 5.41) is 10.8. The molecule has 0 spiro atoms. The van der Waals surface area contributed by atoms with Gasteiger partial charge in [0.2, 0.25) is 0 Å². The van der Waals surface area contributed by atoms with Gasteiger partial charge in [0.25, 0.3) is 16.8 Å². The zero-order chi connectivity index (χ0) is 16.6. The summed E-state index contributed by atoms with van der Waals surface area (Å²) in [6, 6.07) is 7.12. The van der Waals surface area contributed by atoms with E-state index in [9.17, 15) is 19.7 Å². The highest BCUT2D eigenvalue weighted by Gasteiger charge is 2.10. The zero-order valence-electron chi connectivity index (χ0n) is 12.2. The first-order chi connectivity index (χ1) is 10.9. The Morgan fingerprint density at radius 2 is 1.96 bits per heavy atom. The summed E-state index contributed by atoms with van der Waals surface area (Å²) >= 11 is 0. The first-order valence-electron chi connectivity index (χ1n) is 6.78. The van der Waals surface area contributed by atoms with Crippen LogP contribution in [0.3, 0.4) is 0 Å². The highest BCUT2D eigenvalue weighted by molar-refractivity contribution is 5.41. The van der Waals surface area contributed by atoms with E-state index in [1.54, 1.807) is 18.3 Å². The normalized spacial score (nSPS) is 10.8. The predicted molar refractivity (Wildman–Crippen MR) is 82.7 cm³/mol. The van der Waals surface area contributed by atoms with Gasteiger partial charge in [-0.25, -0.2) is 4.98 Å². The van der Waals surface area contributed by atoms with E-state index >= 15 is 0 Å². The van der Waals surface area contributed by atoms with Crippen LogP contribution in [-0.2, 0) is 6.54 Å². The topological polar surface area (TPSA) is 99.5 Å². The van der Waals surface area contributed by atoms with E-state index in [-0.39, 0.29) is 17.8 Å². The van der Waals surface area contributed by atoms with Crippen molar-refractivity contribution in [1.29, 1.82) is 0 Å². The molecule has 0 saturated heterocycles. The van der Waals surface area contributed by atoms with Crippen molar-refractivity contribution < 1.29 is 4.92 Å². The number of aromatic nitrogens is 3. The molecule has 23 heavy (non-hydrogen) atoms. The molecule has 0 fully saturated rings. The third-order valence-electron chi connectivity index (χ3n) is 3.39. The van der Waals surface area contributed by atoms with E-state index in [1.807, 2.05) is 6.92 Å². The molecule has 0 aliphatic heterocycles. The van der Waals surface area contributed by atoms with Gasteiger partial charge >= 0.3 is 0 Å². The van der Waals surface area contributed by atoms with Gasteiger partial charge in [0, 0.05) is 24.4 Å². The Labute approximate surface area is 129 Å². The molecule has 0 radical (unpaired) electrons. The van der Waals surface area contributed by atoms with E-state index in [2.05, 4.69) is 4.98 Å². The highest BCUT2D eigenvalue weighted by atomic mass is 16.6. The second-order valence-corrected chi connectivity index (χ2v) is 5.13. The third kappa shape index (κ3) is 2.86. The van der Waals surface area contributed by atoms with Crippen LogP contribution < -0.4 is 11.1 Å².